The fourth-order valence-corrected chi connectivity index (χ4v) is 2.40. The summed E-state index contributed by atoms with van der Waals surface area (Å²) in [7, 11) is 1.86. The summed E-state index contributed by atoms with van der Waals surface area (Å²) < 4.78 is 18.4. The molecule has 1 N–H and O–H groups in total. The SMILES string of the molecule is Cc1c(CN(C)CC(=O)NC(C)(C)C)noc1-c1ccc(F)cc1. The monoisotopic (exact) mass is 333 g/mol. The van der Waals surface area contributed by atoms with Gasteiger partial charge in [0.2, 0.25) is 5.91 Å². The number of benzene rings is 1. The van der Waals surface area contributed by atoms with Gasteiger partial charge >= 0.3 is 0 Å². The summed E-state index contributed by atoms with van der Waals surface area (Å²) in [5, 5.41) is 7.02. The van der Waals surface area contributed by atoms with Gasteiger partial charge in [0.05, 0.1) is 6.54 Å². The van der Waals surface area contributed by atoms with Gasteiger partial charge in [0.1, 0.15) is 11.5 Å². The number of aromatic nitrogens is 1. The second-order valence-electron chi connectivity index (χ2n) is 7.06. The molecule has 5 nitrogen and oxygen atoms in total. The zero-order valence-corrected chi connectivity index (χ0v) is 14.8. The van der Waals surface area contributed by atoms with E-state index >= 15 is 0 Å². The van der Waals surface area contributed by atoms with Crippen LogP contribution >= 0.6 is 0 Å². The van der Waals surface area contributed by atoms with E-state index in [2.05, 4.69) is 10.5 Å². The molecule has 0 unspecified atom stereocenters. The van der Waals surface area contributed by atoms with Crippen LogP contribution in [0, 0.1) is 12.7 Å². The van der Waals surface area contributed by atoms with Crippen molar-refractivity contribution < 1.29 is 13.7 Å². The van der Waals surface area contributed by atoms with Crippen molar-refractivity contribution in [1.29, 1.82) is 0 Å². The smallest absolute Gasteiger partial charge is 0.234 e. The highest BCUT2D eigenvalue weighted by molar-refractivity contribution is 5.78. The minimum absolute atomic E-state index is 0.0371. The lowest BCUT2D eigenvalue weighted by Crippen LogP contribution is -2.45. The Bertz CT molecular complexity index is 702. The second kappa shape index (κ2) is 7.13. The molecule has 0 spiro atoms. The lowest BCUT2D eigenvalue weighted by Gasteiger charge is -2.23. The fraction of sp³-hybridized carbons (Fsp3) is 0.444. The zero-order valence-electron chi connectivity index (χ0n) is 14.8. The van der Waals surface area contributed by atoms with E-state index in [1.165, 1.54) is 12.1 Å². The summed E-state index contributed by atoms with van der Waals surface area (Å²) >= 11 is 0. The molecule has 130 valence electrons. The number of carbonyl (C=O) groups is 1. The van der Waals surface area contributed by atoms with Gasteiger partial charge in [-0.15, -0.1) is 0 Å². The summed E-state index contributed by atoms with van der Waals surface area (Å²) in [5.41, 5.74) is 2.18. The molecule has 0 radical (unpaired) electrons. The number of hydrogen-bond acceptors (Lipinski definition) is 4. The molecule has 1 amide bonds. The molecule has 1 heterocycles. The van der Waals surface area contributed by atoms with Crippen molar-refractivity contribution in [3.8, 4) is 11.3 Å². The van der Waals surface area contributed by atoms with E-state index in [1.54, 1.807) is 12.1 Å². The van der Waals surface area contributed by atoms with Gasteiger partial charge in [-0.25, -0.2) is 4.39 Å². The quantitative estimate of drug-likeness (QED) is 0.913. The van der Waals surface area contributed by atoms with Gasteiger partial charge in [-0.2, -0.15) is 0 Å². The van der Waals surface area contributed by atoms with E-state index < -0.39 is 0 Å². The van der Waals surface area contributed by atoms with Crippen LogP contribution < -0.4 is 5.32 Å². The molecule has 0 atom stereocenters. The van der Waals surface area contributed by atoms with Gasteiger partial charge in [-0.05, 0) is 59.0 Å². The molecule has 1 aromatic carbocycles. The van der Waals surface area contributed by atoms with Crippen LogP contribution in [0.15, 0.2) is 28.8 Å². The van der Waals surface area contributed by atoms with E-state index in [4.69, 9.17) is 4.52 Å². The summed E-state index contributed by atoms with van der Waals surface area (Å²) in [4.78, 5) is 13.8. The Kier molecular flexibility index (Phi) is 5.39. The first-order chi connectivity index (χ1) is 11.2. The third-order valence-electron chi connectivity index (χ3n) is 3.47. The molecule has 0 aliphatic carbocycles. The van der Waals surface area contributed by atoms with Crippen LogP contribution in [0.25, 0.3) is 11.3 Å². The number of halogens is 1. The normalized spacial score (nSPS) is 11.8. The molecule has 0 saturated heterocycles. The molecule has 24 heavy (non-hydrogen) atoms. The second-order valence-corrected chi connectivity index (χ2v) is 7.06. The Morgan fingerprint density at radius 2 is 1.92 bits per heavy atom. The molecule has 0 bridgehead atoms. The molecule has 2 aromatic rings. The summed E-state index contributed by atoms with van der Waals surface area (Å²) in [6, 6.07) is 6.10. The van der Waals surface area contributed by atoms with E-state index in [0.29, 0.717) is 12.3 Å². The van der Waals surface area contributed by atoms with Crippen molar-refractivity contribution in [2.45, 2.75) is 39.8 Å². The third kappa shape index (κ3) is 4.89. The maximum Gasteiger partial charge on any atom is 0.234 e. The maximum atomic E-state index is 13.0. The van der Waals surface area contributed by atoms with Crippen LogP contribution in [-0.4, -0.2) is 35.1 Å². The van der Waals surface area contributed by atoms with Crippen LogP contribution in [0.2, 0.25) is 0 Å². The highest BCUT2D eigenvalue weighted by Gasteiger charge is 2.18. The number of likely N-dealkylation sites (N-methyl/N-ethyl adjacent to an activating group) is 1. The van der Waals surface area contributed by atoms with Crippen molar-refractivity contribution >= 4 is 5.91 Å². The first-order valence-corrected chi connectivity index (χ1v) is 7.86. The van der Waals surface area contributed by atoms with Crippen molar-refractivity contribution in [1.82, 2.24) is 15.4 Å². The van der Waals surface area contributed by atoms with E-state index in [1.807, 2.05) is 39.6 Å². The molecule has 0 saturated carbocycles. The lowest BCUT2D eigenvalue weighted by atomic mass is 10.1. The molecule has 1 aromatic heterocycles. The first-order valence-electron chi connectivity index (χ1n) is 7.86. The van der Waals surface area contributed by atoms with E-state index in [0.717, 1.165) is 16.8 Å². The molecular formula is C18H24FN3O2. The topological polar surface area (TPSA) is 58.4 Å². The van der Waals surface area contributed by atoms with Crippen LogP contribution in [0.4, 0.5) is 4.39 Å². The largest absolute Gasteiger partial charge is 0.356 e. The number of hydrogen-bond donors (Lipinski definition) is 1. The Balaban J connectivity index is 2.03. The average molecular weight is 333 g/mol. The number of carbonyl (C=O) groups excluding carboxylic acids is 1. The van der Waals surface area contributed by atoms with Gasteiger partial charge in [-0.3, -0.25) is 9.69 Å². The van der Waals surface area contributed by atoms with E-state index in [-0.39, 0.29) is 23.8 Å². The summed E-state index contributed by atoms with van der Waals surface area (Å²) in [5.74, 6) is 0.295. The fourth-order valence-electron chi connectivity index (χ4n) is 2.40. The van der Waals surface area contributed by atoms with Crippen LogP contribution in [0.1, 0.15) is 32.0 Å². The predicted octanol–water partition coefficient (Wildman–Crippen LogP) is 3.14. The molecule has 0 fully saturated rings. The van der Waals surface area contributed by atoms with Gasteiger partial charge in [0.25, 0.3) is 0 Å². The zero-order chi connectivity index (χ0) is 17.9. The molecule has 0 aliphatic rings. The predicted molar refractivity (Wildman–Crippen MR) is 90.9 cm³/mol. The average Bonchev–Trinajstić information content (AvgIpc) is 2.79. The minimum atomic E-state index is -0.291. The van der Waals surface area contributed by atoms with Gasteiger partial charge in [0.15, 0.2) is 5.76 Å². The van der Waals surface area contributed by atoms with Crippen molar-refractivity contribution in [3.05, 3.63) is 41.3 Å². The minimum Gasteiger partial charge on any atom is -0.356 e. The third-order valence-corrected chi connectivity index (χ3v) is 3.47. The Morgan fingerprint density at radius 3 is 2.50 bits per heavy atom. The number of amides is 1. The summed E-state index contributed by atoms with van der Waals surface area (Å²) in [6.07, 6.45) is 0. The Hall–Kier alpha value is -2.21. The molecule has 6 heteroatoms. The highest BCUT2D eigenvalue weighted by atomic mass is 19.1. The van der Waals surface area contributed by atoms with Crippen LogP contribution in [0.3, 0.4) is 0 Å². The molecule has 0 aliphatic heterocycles. The number of nitrogens with one attached hydrogen (secondary N) is 1. The number of rotatable bonds is 5. The highest BCUT2D eigenvalue weighted by Crippen LogP contribution is 2.26. The maximum absolute atomic E-state index is 13.0. The summed E-state index contributed by atoms with van der Waals surface area (Å²) in [6.45, 7) is 8.52. The first kappa shape index (κ1) is 18.1. The standard InChI is InChI=1S/C18H24FN3O2/c1-12-15(10-22(5)11-16(23)20-18(2,3)4)21-24-17(12)13-6-8-14(19)9-7-13/h6-9H,10-11H2,1-5H3,(H,20,23). The Morgan fingerprint density at radius 1 is 1.29 bits per heavy atom. The van der Waals surface area contributed by atoms with Crippen LogP contribution in [0.5, 0.6) is 0 Å². The van der Waals surface area contributed by atoms with Crippen LogP contribution in [-0.2, 0) is 11.3 Å². The molecular weight excluding hydrogens is 309 g/mol. The number of nitrogens with zero attached hydrogens (tertiary/aromatic N) is 2. The Labute approximate surface area is 141 Å². The van der Waals surface area contributed by atoms with Gasteiger partial charge in [-0.1, -0.05) is 5.16 Å². The van der Waals surface area contributed by atoms with Gasteiger partial charge < -0.3 is 9.84 Å². The van der Waals surface area contributed by atoms with Crippen molar-refractivity contribution in [3.63, 3.8) is 0 Å². The van der Waals surface area contributed by atoms with Crippen molar-refractivity contribution in [2.24, 2.45) is 0 Å². The molecule has 2 rings (SSSR count). The lowest BCUT2D eigenvalue weighted by molar-refractivity contribution is -0.123. The van der Waals surface area contributed by atoms with Crippen molar-refractivity contribution in [2.75, 3.05) is 13.6 Å². The van der Waals surface area contributed by atoms with E-state index in [9.17, 15) is 9.18 Å². The van der Waals surface area contributed by atoms with Gasteiger partial charge in [0, 0.05) is 23.2 Å².